The third kappa shape index (κ3) is 5.59. The van der Waals surface area contributed by atoms with Crippen LogP contribution < -0.4 is 4.90 Å². The third-order valence-electron chi connectivity index (χ3n) is 4.82. The fourth-order valence-corrected chi connectivity index (χ4v) is 4.53. The van der Waals surface area contributed by atoms with Gasteiger partial charge in [-0.25, -0.2) is 0 Å². The first-order valence-electron chi connectivity index (χ1n) is 9.87. The largest absolute Gasteiger partial charge is 0.441 e. The molecule has 0 unspecified atom stereocenters. The molecule has 5 nitrogen and oxygen atoms in total. The Morgan fingerprint density at radius 3 is 2.67 bits per heavy atom. The normalized spacial score (nSPS) is 19.5. The Bertz CT molecular complexity index is 681. The number of anilines is 1. The highest BCUT2D eigenvalue weighted by atomic mass is 32.2. The molecule has 2 aliphatic heterocycles. The topological polar surface area (TPSA) is 45.9 Å². The maximum absolute atomic E-state index is 12.7. The lowest BCUT2D eigenvalue weighted by Gasteiger charge is -2.26. The minimum atomic E-state index is 0.00267. The highest BCUT2D eigenvalue weighted by molar-refractivity contribution is 8.26. The number of morpholine rings is 1. The smallest absolute Gasteiger partial charge is 0.266 e. The molecule has 0 N–H and O–H groups in total. The van der Waals surface area contributed by atoms with E-state index in [2.05, 4.69) is 11.8 Å². The van der Waals surface area contributed by atoms with Crippen LogP contribution in [0.3, 0.4) is 0 Å². The Morgan fingerprint density at radius 2 is 1.89 bits per heavy atom. The van der Waals surface area contributed by atoms with Gasteiger partial charge < -0.3 is 14.1 Å². The second-order valence-corrected chi connectivity index (χ2v) is 8.55. The van der Waals surface area contributed by atoms with E-state index in [-0.39, 0.29) is 5.91 Å². The monoisotopic (exact) mass is 408 g/mol. The van der Waals surface area contributed by atoms with Gasteiger partial charge in [0.15, 0.2) is 5.88 Å². The molecular weight excluding hydrogens is 380 g/mol. The number of carbonyl (C=O) groups is 1. The van der Waals surface area contributed by atoms with E-state index in [9.17, 15) is 4.79 Å². The van der Waals surface area contributed by atoms with Crippen molar-refractivity contribution in [1.82, 2.24) is 4.90 Å². The first-order chi connectivity index (χ1) is 13.2. The summed E-state index contributed by atoms with van der Waals surface area (Å²) in [4.78, 5) is 17.2. The zero-order valence-corrected chi connectivity index (χ0v) is 17.6. The van der Waals surface area contributed by atoms with Crippen molar-refractivity contribution in [3.8, 4) is 0 Å². The minimum Gasteiger partial charge on any atom is -0.441 e. The molecule has 2 fully saturated rings. The number of unbranched alkanes of at least 4 members (excludes halogenated alkanes) is 5. The van der Waals surface area contributed by atoms with Crippen LogP contribution in [-0.2, 0) is 9.53 Å². The lowest BCUT2D eigenvalue weighted by atomic mass is 10.1. The van der Waals surface area contributed by atoms with Gasteiger partial charge in [0.1, 0.15) is 10.1 Å². The molecule has 3 heterocycles. The van der Waals surface area contributed by atoms with Gasteiger partial charge in [-0.1, -0.05) is 63.0 Å². The van der Waals surface area contributed by atoms with Crippen LogP contribution in [0.1, 0.15) is 51.2 Å². The van der Waals surface area contributed by atoms with Crippen LogP contribution in [0.15, 0.2) is 21.5 Å². The summed E-state index contributed by atoms with van der Waals surface area (Å²) in [6, 6.07) is 3.86. The Morgan fingerprint density at radius 1 is 1.15 bits per heavy atom. The Balaban J connectivity index is 1.53. The molecular formula is C20H28N2O3S2. The van der Waals surface area contributed by atoms with E-state index < -0.39 is 0 Å². The van der Waals surface area contributed by atoms with Gasteiger partial charge in [0.05, 0.1) is 18.1 Å². The molecule has 7 heteroatoms. The SMILES string of the molecule is CCCCCCCCN1C(=O)/C(=C/c2ccc(N3CCOCC3)o2)SC1=S. The summed E-state index contributed by atoms with van der Waals surface area (Å²) in [7, 11) is 0. The number of hydrogen-bond donors (Lipinski definition) is 0. The quantitative estimate of drug-likeness (QED) is 0.336. The number of furan rings is 1. The number of hydrogen-bond acceptors (Lipinski definition) is 6. The second kappa shape index (κ2) is 10.3. The number of ether oxygens (including phenoxy) is 1. The van der Waals surface area contributed by atoms with E-state index in [1.807, 2.05) is 18.2 Å². The molecule has 27 heavy (non-hydrogen) atoms. The van der Waals surface area contributed by atoms with Crippen molar-refractivity contribution in [2.24, 2.45) is 0 Å². The van der Waals surface area contributed by atoms with Crippen LogP contribution in [-0.4, -0.2) is 48.0 Å². The van der Waals surface area contributed by atoms with Crippen molar-refractivity contribution >= 4 is 46.2 Å². The number of amides is 1. The number of thiocarbonyl (C=S) groups is 1. The van der Waals surface area contributed by atoms with E-state index in [4.69, 9.17) is 21.4 Å². The maximum atomic E-state index is 12.7. The van der Waals surface area contributed by atoms with E-state index in [0.717, 1.165) is 31.8 Å². The van der Waals surface area contributed by atoms with Crippen LogP contribution in [0.5, 0.6) is 0 Å². The van der Waals surface area contributed by atoms with Crippen LogP contribution in [0.4, 0.5) is 5.88 Å². The van der Waals surface area contributed by atoms with Crippen LogP contribution >= 0.6 is 24.0 Å². The van der Waals surface area contributed by atoms with E-state index in [0.29, 0.717) is 34.7 Å². The van der Waals surface area contributed by atoms with Gasteiger partial charge >= 0.3 is 0 Å². The Labute approximate surface area is 171 Å². The first kappa shape index (κ1) is 20.4. The average Bonchev–Trinajstić information content (AvgIpc) is 3.25. The predicted molar refractivity (Wildman–Crippen MR) is 115 cm³/mol. The van der Waals surface area contributed by atoms with Crippen LogP contribution in [0, 0.1) is 0 Å². The standard InChI is InChI=1S/C20H28N2O3S2/c1-2-3-4-5-6-7-10-22-19(23)17(27-20(22)26)15-16-8-9-18(25-16)21-11-13-24-14-12-21/h8-9,15H,2-7,10-14H2,1H3/b17-15-. The molecule has 148 valence electrons. The molecule has 0 bridgehead atoms. The summed E-state index contributed by atoms with van der Waals surface area (Å²) in [6.07, 6.45) is 9.01. The molecule has 0 spiro atoms. The van der Waals surface area contributed by atoms with Crippen molar-refractivity contribution < 1.29 is 13.9 Å². The molecule has 1 aromatic heterocycles. The molecule has 0 aromatic carbocycles. The molecule has 3 rings (SSSR count). The summed E-state index contributed by atoms with van der Waals surface area (Å²) >= 11 is 6.78. The lowest BCUT2D eigenvalue weighted by molar-refractivity contribution is -0.122. The summed E-state index contributed by atoms with van der Waals surface area (Å²) in [5.41, 5.74) is 0. The Kier molecular flexibility index (Phi) is 7.79. The molecule has 1 aromatic rings. The van der Waals surface area contributed by atoms with Crippen LogP contribution in [0.2, 0.25) is 0 Å². The van der Waals surface area contributed by atoms with Crippen molar-refractivity contribution in [2.75, 3.05) is 37.7 Å². The van der Waals surface area contributed by atoms with Crippen molar-refractivity contribution in [2.45, 2.75) is 45.4 Å². The van der Waals surface area contributed by atoms with E-state index in [1.165, 1.54) is 37.4 Å². The van der Waals surface area contributed by atoms with Crippen molar-refractivity contribution in [1.29, 1.82) is 0 Å². The highest BCUT2D eigenvalue weighted by Crippen LogP contribution is 2.33. The first-order valence-corrected chi connectivity index (χ1v) is 11.1. The van der Waals surface area contributed by atoms with Gasteiger partial charge in [-0.2, -0.15) is 0 Å². The van der Waals surface area contributed by atoms with Gasteiger partial charge in [-0.05, 0) is 12.5 Å². The third-order valence-corrected chi connectivity index (χ3v) is 6.20. The molecule has 0 atom stereocenters. The van der Waals surface area contributed by atoms with Gasteiger partial charge in [0.2, 0.25) is 0 Å². The van der Waals surface area contributed by atoms with Crippen molar-refractivity contribution in [3.63, 3.8) is 0 Å². The van der Waals surface area contributed by atoms with Crippen LogP contribution in [0.25, 0.3) is 6.08 Å². The molecule has 2 aliphatic rings. The number of rotatable bonds is 9. The number of nitrogens with zero attached hydrogens (tertiary/aromatic N) is 2. The lowest BCUT2D eigenvalue weighted by Crippen LogP contribution is -2.35. The average molecular weight is 409 g/mol. The second-order valence-electron chi connectivity index (χ2n) is 6.88. The fraction of sp³-hybridized carbons (Fsp3) is 0.600. The zero-order valence-electron chi connectivity index (χ0n) is 15.9. The highest BCUT2D eigenvalue weighted by Gasteiger charge is 2.31. The van der Waals surface area contributed by atoms with Gasteiger partial charge in [0, 0.05) is 31.8 Å². The van der Waals surface area contributed by atoms with E-state index >= 15 is 0 Å². The molecule has 2 saturated heterocycles. The Hall–Kier alpha value is -1.31. The minimum absolute atomic E-state index is 0.00267. The molecule has 0 radical (unpaired) electrons. The molecule has 0 saturated carbocycles. The maximum Gasteiger partial charge on any atom is 0.266 e. The zero-order chi connectivity index (χ0) is 19.1. The fourth-order valence-electron chi connectivity index (χ4n) is 3.25. The van der Waals surface area contributed by atoms with Gasteiger partial charge in [-0.15, -0.1) is 0 Å². The summed E-state index contributed by atoms with van der Waals surface area (Å²) in [5.74, 6) is 1.52. The molecule has 1 amide bonds. The predicted octanol–water partition coefficient (Wildman–Crippen LogP) is 4.68. The summed E-state index contributed by atoms with van der Waals surface area (Å²) in [5, 5.41) is 0. The molecule has 0 aliphatic carbocycles. The number of thioether (sulfide) groups is 1. The summed E-state index contributed by atoms with van der Waals surface area (Å²) < 4.78 is 11.9. The number of carbonyl (C=O) groups excluding carboxylic acids is 1. The van der Waals surface area contributed by atoms with Gasteiger partial charge in [-0.3, -0.25) is 9.69 Å². The van der Waals surface area contributed by atoms with Crippen molar-refractivity contribution in [3.05, 3.63) is 22.8 Å². The van der Waals surface area contributed by atoms with E-state index in [1.54, 1.807) is 4.90 Å². The summed E-state index contributed by atoms with van der Waals surface area (Å²) in [6.45, 7) is 6.02. The van der Waals surface area contributed by atoms with Gasteiger partial charge in [0.25, 0.3) is 5.91 Å².